The van der Waals surface area contributed by atoms with Crippen LogP contribution in [0.2, 0.25) is 0 Å². The predicted octanol–water partition coefficient (Wildman–Crippen LogP) is 2.69. The number of nitrogens with two attached hydrogens (primary N) is 1. The van der Waals surface area contributed by atoms with Gasteiger partial charge in [0.2, 0.25) is 5.91 Å². The second kappa shape index (κ2) is 7.70. The summed E-state index contributed by atoms with van der Waals surface area (Å²) in [6.07, 6.45) is 3.54. The van der Waals surface area contributed by atoms with Crippen molar-refractivity contribution in [2.75, 3.05) is 6.54 Å². The van der Waals surface area contributed by atoms with Gasteiger partial charge in [-0.25, -0.2) is 0 Å². The van der Waals surface area contributed by atoms with E-state index in [1.54, 1.807) is 0 Å². The molecule has 0 rings (SSSR count). The van der Waals surface area contributed by atoms with E-state index in [-0.39, 0.29) is 11.4 Å². The van der Waals surface area contributed by atoms with Crippen molar-refractivity contribution in [3.8, 4) is 0 Å². The van der Waals surface area contributed by atoms with E-state index < -0.39 is 0 Å². The van der Waals surface area contributed by atoms with Crippen LogP contribution in [0, 0.1) is 11.8 Å². The average molecular weight is 242 g/mol. The lowest BCUT2D eigenvalue weighted by molar-refractivity contribution is -0.119. The standard InChI is InChI=1S/C14H30N2O/c1-6-7-16-14(8-11(2)3,9-12(4)5)10-13(15)17/h11-12,16H,6-10H2,1-5H3,(H2,15,17). The fraction of sp³-hybridized carbons (Fsp3) is 0.929. The van der Waals surface area contributed by atoms with Gasteiger partial charge >= 0.3 is 0 Å². The molecule has 0 aliphatic carbocycles. The van der Waals surface area contributed by atoms with E-state index >= 15 is 0 Å². The van der Waals surface area contributed by atoms with Crippen molar-refractivity contribution in [1.82, 2.24) is 5.32 Å². The number of rotatable bonds is 9. The van der Waals surface area contributed by atoms with Crippen molar-refractivity contribution in [2.45, 2.75) is 65.8 Å². The van der Waals surface area contributed by atoms with Gasteiger partial charge in [0, 0.05) is 12.0 Å². The molecule has 1 amide bonds. The third-order valence-electron chi connectivity index (χ3n) is 2.86. The molecular formula is C14H30N2O. The molecule has 0 atom stereocenters. The van der Waals surface area contributed by atoms with Crippen LogP contribution in [0.25, 0.3) is 0 Å². The molecule has 0 aliphatic heterocycles. The molecule has 0 fully saturated rings. The highest BCUT2D eigenvalue weighted by Gasteiger charge is 2.32. The van der Waals surface area contributed by atoms with Gasteiger partial charge in [-0.05, 0) is 37.6 Å². The highest BCUT2D eigenvalue weighted by Crippen LogP contribution is 2.28. The van der Waals surface area contributed by atoms with Crippen LogP contribution in [0.5, 0.6) is 0 Å². The molecule has 0 saturated carbocycles. The molecule has 3 N–H and O–H groups in total. The number of hydrogen-bond donors (Lipinski definition) is 2. The van der Waals surface area contributed by atoms with Crippen molar-refractivity contribution in [2.24, 2.45) is 17.6 Å². The summed E-state index contributed by atoms with van der Waals surface area (Å²) in [4.78, 5) is 11.3. The van der Waals surface area contributed by atoms with E-state index in [0.29, 0.717) is 18.3 Å². The Morgan fingerprint density at radius 2 is 1.65 bits per heavy atom. The Kier molecular flexibility index (Phi) is 7.44. The maximum Gasteiger partial charge on any atom is 0.219 e. The first-order chi connectivity index (χ1) is 7.81. The van der Waals surface area contributed by atoms with E-state index in [0.717, 1.165) is 25.8 Å². The van der Waals surface area contributed by atoms with Gasteiger partial charge in [0.15, 0.2) is 0 Å². The lowest BCUT2D eigenvalue weighted by atomic mass is 9.79. The Morgan fingerprint density at radius 3 is 1.94 bits per heavy atom. The van der Waals surface area contributed by atoms with Gasteiger partial charge < -0.3 is 11.1 Å². The summed E-state index contributed by atoms with van der Waals surface area (Å²) in [5, 5.41) is 3.58. The predicted molar refractivity (Wildman–Crippen MR) is 73.7 cm³/mol. The zero-order valence-corrected chi connectivity index (χ0v) is 12.2. The molecule has 3 nitrogen and oxygen atoms in total. The Morgan fingerprint density at radius 1 is 1.18 bits per heavy atom. The van der Waals surface area contributed by atoms with Crippen LogP contribution in [0.1, 0.15) is 60.3 Å². The Hall–Kier alpha value is -0.570. The van der Waals surface area contributed by atoms with Gasteiger partial charge in [-0.1, -0.05) is 34.6 Å². The van der Waals surface area contributed by atoms with Gasteiger partial charge in [0.25, 0.3) is 0 Å². The molecule has 102 valence electrons. The molecular weight excluding hydrogens is 212 g/mol. The molecule has 0 bridgehead atoms. The van der Waals surface area contributed by atoms with E-state index in [9.17, 15) is 4.79 Å². The maximum atomic E-state index is 11.3. The van der Waals surface area contributed by atoms with E-state index in [2.05, 4.69) is 39.9 Å². The second-order valence-electron chi connectivity index (χ2n) is 6.05. The first-order valence-corrected chi connectivity index (χ1v) is 6.84. The van der Waals surface area contributed by atoms with Crippen molar-refractivity contribution in [3.05, 3.63) is 0 Å². The van der Waals surface area contributed by atoms with Gasteiger partial charge in [-0.15, -0.1) is 0 Å². The van der Waals surface area contributed by atoms with E-state index in [1.807, 2.05) is 0 Å². The van der Waals surface area contributed by atoms with E-state index in [1.165, 1.54) is 0 Å². The van der Waals surface area contributed by atoms with Crippen LogP contribution in [0.4, 0.5) is 0 Å². The average Bonchev–Trinajstić information content (AvgIpc) is 2.11. The molecule has 3 heteroatoms. The lowest BCUT2D eigenvalue weighted by Crippen LogP contribution is -2.50. The number of carbonyl (C=O) groups excluding carboxylic acids is 1. The molecule has 0 aromatic carbocycles. The van der Waals surface area contributed by atoms with Crippen molar-refractivity contribution in [1.29, 1.82) is 0 Å². The van der Waals surface area contributed by atoms with Gasteiger partial charge in [-0.3, -0.25) is 4.79 Å². The number of primary amides is 1. The summed E-state index contributed by atoms with van der Waals surface area (Å²) < 4.78 is 0. The van der Waals surface area contributed by atoms with Crippen LogP contribution in [-0.2, 0) is 4.79 Å². The summed E-state index contributed by atoms with van der Waals surface area (Å²) in [5.74, 6) is 0.935. The molecule has 0 heterocycles. The lowest BCUT2D eigenvalue weighted by Gasteiger charge is -2.37. The van der Waals surface area contributed by atoms with Crippen molar-refractivity contribution < 1.29 is 4.79 Å². The van der Waals surface area contributed by atoms with Crippen LogP contribution < -0.4 is 11.1 Å². The monoisotopic (exact) mass is 242 g/mol. The molecule has 0 aromatic rings. The highest BCUT2D eigenvalue weighted by atomic mass is 16.1. The topological polar surface area (TPSA) is 55.1 Å². The molecule has 0 aliphatic rings. The molecule has 17 heavy (non-hydrogen) atoms. The number of amides is 1. The molecule has 0 radical (unpaired) electrons. The van der Waals surface area contributed by atoms with Gasteiger partial charge in [-0.2, -0.15) is 0 Å². The minimum Gasteiger partial charge on any atom is -0.370 e. The van der Waals surface area contributed by atoms with Crippen LogP contribution >= 0.6 is 0 Å². The fourth-order valence-electron chi connectivity index (χ4n) is 2.72. The first kappa shape index (κ1) is 16.4. The summed E-state index contributed by atoms with van der Waals surface area (Å²) in [7, 11) is 0. The summed E-state index contributed by atoms with van der Waals surface area (Å²) >= 11 is 0. The normalized spacial score (nSPS) is 12.4. The van der Waals surface area contributed by atoms with Crippen LogP contribution in [0.3, 0.4) is 0 Å². The maximum absolute atomic E-state index is 11.3. The quantitative estimate of drug-likeness (QED) is 0.653. The molecule has 0 unspecified atom stereocenters. The van der Waals surface area contributed by atoms with Gasteiger partial charge in [0.1, 0.15) is 0 Å². The number of hydrogen-bond acceptors (Lipinski definition) is 2. The molecule has 0 saturated heterocycles. The smallest absolute Gasteiger partial charge is 0.219 e. The third-order valence-corrected chi connectivity index (χ3v) is 2.86. The minimum absolute atomic E-state index is 0.107. The zero-order chi connectivity index (χ0) is 13.5. The molecule has 0 aromatic heterocycles. The highest BCUT2D eigenvalue weighted by molar-refractivity contribution is 5.75. The second-order valence-corrected chi connectivity index (χ2v) is 6.05. The first-order valence-electron chi connectivity index (χ1n) is 6.84. The Balaban J connectivity index is 4.82. The third kappa shape index (κ3) is 7.37. The summed E-state index contributed by atoms with van der Waals surface area (Å²) in [6, 6.07) is 0. The zero-order valence-electron chi connectivity index (χ0n) is 12.2. The minimum atomic E-state index is -0.199. The van der Waals surface area contributed by atoms with Crippen LogP contribution in [-0.4, -0.2) is 18.0 Å². The van der Waals surface area contributed by atoms with Crippen LogP contribution in [0.15, 0.2) is 0 Å². The SMILES string of the molecule is CCCNC(CC(N)=O)(CC(C)C)CC(C)C. The largest absolute Gasteiger partial charge is 0.370 e. The Bertz CT molecular complexity index is 214. The number of nitrogens with one attached hydrogen (secondary N) is 1. The Labute approximate surface area is 107 Å². The molecule has 0 spiro atoms. The number of carbonyl (C=O) groups is 1. The summed E-state index contributed by atoms with van der Waals surface area (Å²) in [5.41, 5.74) is 5.32. The van der Waals surface area contributed by atoms with E-state index in [4.69, 9.17) is 5.73 Å². The fourth-order valence-corrected chi connectivity index (χ4v) is 2.72. The van der Waals surface area contributed by atoms with Crippen molar-refractivity contribution in [3.63, 3.8) is 0 Å². The van der Waals surface area contributed by atoms with Crippen molar-refractivity contribution >= 4 is 5.91 Å². The summed E-state index contributed by atoms with van der Waals surface area (Å²) in [6.45, 7) is 11.9. The van der Waals surface area contributed by atoms with Gasteiger partial charge in [0.05, 0.1) is 0 Å².